The van der Waals surface area contributed by atoms with Crippen LogP contribution in [0.15, 0.2) is 11.9 Å². The number of halogens is 4. The molecule has 0 heterocycles. The second kappa shape index (κ2) is 3.46. The van der Waals surface area contributed by atoms with Crippen LogP contribution in [0, 0.1) is 5.92 Å². The topological polar surface area (TPSA) is 0 Å². The van der Waals surface area contributed by atoms with Crippen molar-refractivity contribution in [1.82, 2.24) is 0 Å². The first-order chi connectivity index (χ1) is 5.50. The molecule has 1 rings (SSSR count). The molecular weight excluding hydrogens is 172 g/mol. The lowest BCUT2D eigenvalue weighted by Crippen LogP contribution is -2.09. The summed E-state index contributed by atoms with van der Waals surface area (Å²) in [4.78, 5) is 0. The van der Waals surface area contributed by atoms with Crippen molar-refractivity contribution in [1.29, 1.82) is 0 Å². The van der Waals surface area contributed by atoms with Crippen molar-refractivity contribution in [2.45, 2.75) is 31.9 Å². The van der Waals surface area contributed by atoms with E-state index in [1.54, 1.807) is 0 Å². The van der Waals surface area contributed by atoms with Gasteiger partial charge in [-0.2, -0.15) is 13.2 Å². The Bertz CT molecular complexity index is 174. The maximum absolute atomic E-state index is 12.3. The van der Waals surface area contributed by atoms with E-state index in [0.29, 0.717) is 18.9 Å². The van der Waals surface area contributed by atoms with E-state index < -0.39 is 12.0 Å². The first kappa shape index (κ1) is 9.55. The number of hydrogen-bond donors (Lipinski definition) is 0. The lowest BCUT2D eigenvalue weighted by molar-refractivity contribution is -0.109. The van der Waals surface area contributed by atoms with Gasteiger partial charge in [0.05, 0.1) is 0 Å². The van der Waals surface area contributed by atoms with Gasteiger partial charge in [0.25, 0.3) is 0 Å². The number of rotatable bonds is 1. The molecule has 4 heteroatoms. The monoisotopic (exact) mass is 182 g/mol. The first-order valence-electron chi connectivity index (χ1n) is 3.94. The highest BCUT2D eigenvalue weighted by atomic mass is 19.4. The molecule has 0 amide bonds. The Hall–Kier alpha value is -0.540. The molecule has 0 radical (unpaired) electrons. The minimum Gasteiger partial charge on any atom is -0.202 e. The van der Waals surface area contributed by atoms with E-state index in [4.69, 9.17) is 0 Å². The standard InChI is InChI=1S/C8H10F4/c9-7(8(10,11)12)5-6-3-1-2-4-6/h5-6H,1-4H2/b7-5+. The fourth-order valence-corrected chi connectivity index (χ4v) is 1.43. The van der Waals surface area contributed by atoms with E-state index in [1.165, 1.54) is 0 Å². The second-order valence-electron chi connectivity index (χ2n) is 3.06. The van der Waals surface area contributed by atoms with Crippen LogP contribution in [0.4, 0.5) is 17.6 Å². The zero-order valence-electron chi connectivity index (χ0n) is 6.49. The Morgan fingerprint density at radius 2 is 1.67 bits per heavy atom. The van der Waals surface area contributed by atoms with Gasteiger partial charge in [-0.3, -0.25) is 0 Å². The Morgan fingerprint density at radius 1 is 1.17 bits per heavy atom. The predicted molar refractivity (Wildman–Crippen MR) is 37.2 cm³/mol. The van der Waals surface area contributed by atoms with Gasteiger partial charge < -0.3 is 0 Å². The van der Waals surface area contributed by atoms with Crippen molar-refractivity contribution >= 4 is 0 Å². The van der Waals surface area contributed by atoms with Gasteiger partial charge in [-0.15, -0.1) is 0 Å². The van der Waals surface area contributed by atoms with Gasteiger partial charge in [-0.25, -0.2) is 4.39 Å². The molecule has 1 aliphatic rings. The molecule has 0 bridgehead atoms. The van der Waals surface area contributed by atoms with E-state index in [0.717, 1.165) is 12.8 Å². The van der Waals surface area contributed by atoms with E-state index in [-0.39, 0.29) is 5.92 Å². The third kappa shape index (κ3) is 2.50. The first-order valence-corrected chi connectivity index (χ1v) is 3.94. The summed E-state index contributed by atoms with van der Waals surface area (Å²) in [7, 11) is 0. The third-order valence-electron chi connectivity index (χ3n) is 2.05. The van der Waals surface area contributed by atoms with Gasteiger partial charge in [0.2, 0.25) is 0 Å². The van der Waals surface area contributed by atoms with Crippen LogP contribution in [0.5, 0.6) is 0 Å². The average molecular weight is 182 g/mol. The summed E-state index contributed by atoms with van der Waals surface area (Å²) in [5.74, 6) is -2.14. The molecule has 12 heavy (non-hydrogen) atoms. The van der Waals surface area contributed by atoms with Gasteiger partial charge in [-0.05, 0) is 24.8 Å². The van der Waals surface area contributed by atoms with Crippen LogP contribution < -0.4 is 0 Å². The summed E-state index contributed by atoms with van der Waals surface area (Å²) in [6.45, 7) is 0. The van der Waals surface area contributed by atoms with Gasteiger partial charge in [0.15, 0.2) is 5.83 Å². The summed E-state index contributed by atoms with van der Waals surface area (Å²) in [5.41, 5.74) is 0. The Labute approximate surface area is 68.3 Å². The van der Waals surface area contributed by atoms with Crippen molar-refractivity contribution in [2.24, 2.45) is 5.92 Å². The van der Waals surface area contributed by atoms with Crippen molar-refractivity contribution < 1.29 is 17.6 Å². The number of hydrogen-bond acceptors (Lipinski definition) is 0. The largest absolute Gasteiger partial charge is 0.442 e. The van der Waals surface area contributed by atoms with E-state index >= 15 is 0 Å². The molecule has 0 saturated heterocycles. The average Bonchev–Trinajstić information content (AvgIpc) is 2.37. The zero-order chi connectivity index (χ0) is 9.19. The van der Waals surface area contributed by atoms with E-state index in [1.807, 2.05) is 0 Å². The molecule has 1 fully saturated rings. The molecule has 0 unspecified atom stereocenters. The molecule has 0 atom stereocenters. The Kier molecular flexibility index (Phi) is 2.75. The molecule has 70 valence electrons. The summed E-state index contributed by atoms with van der Waals surface area (Å²) in [6.07, 6.45) is -0.888. The maximum Gasteiger partial charge on any atom is 0.442 e. The SMILES string of the molecule is F/C(=C/C1CCCC1)C(F)(F)F. The van der Waals surface area contributed by atoms with E-state index in [2.05, 4.69) is 0 Å². The highest BCUT2D eigenvalue weighted by Gasteiger charge is 2.35. The molecule has 0 aromatic rings. The normalized spacial score (nSPS) is 21.8. The minimum atomic E-state index is -4.79. The van der Waals surface area contributed by atoms with Crippen molar-refractivity contribution in [3.05, 3.63) is 11.9 Å². The third-order valence-corrected chi connectivity index (χ3v) is 2.05. The molecule has 1 saturated carbocycles. The minimum absolute atomic E-state index is 0.202. The van der Waals surface area contributed by atoms with Gasteiger partial charge in [0, 0.05) is 0 Å². The molecule has 1 aliphatic carbocycles. The van der Waals surface area contributed by atoms with Gasteiger partial charge >= 0.3 is 6.18 Å². The quantitative estimate of drug-likeness (QED) is 0.543. The Morgan fingerprint density at radius 3 is 2.08 bits per heavy atom. The van der Waals surface area contributed by atoms with Crippen LogP contribution in [0.25, 0.3) is 0 Å². The molecule has 0 aliphatic heterocycles. The van der Waals surface area contributed by atoms with Crippen molar-refractivity contribution in [2.75, 3.05) is 0 Å². The van der Waals surface area contributed by atoms with Crippen LogP contribution in [0.2, 0.25) is 0 Å². The van der Waals surface area contributed by atoms with Crippen molar-refractivity contribution in [3.63, 3.8) is 0 Å². The van der Waals surface area contributed by atoms with Crippen LogP contribution in [0.3, 0.4) is 0 Å². The molecular formula is C8H10F4. The van der Waals surface area contributed by atoms with Crippen LogP contribution in [-0.4, -0.2) is 6.18 Å². The highest BCUT2D eigenvalue weighted by Crippen LogP contribution is 2.32. The second-order valence-corrected chi connectivity index (χ2v) is 3.06. The summed E-state index contributed by atoms with van der Waals surface area (Å²) < 4.78 is 47.3. The molecule has 0 spiro atoms. The van der Waals surface area contributed by atoms with Crippen LogP contribution in [-0.2, 0) is 0 Å². The van der Waals surface area contributed by atoms with Gasteiger partial charge in [-0.1, -0.05) is 12.8 Å². The predicted octanol–water partition coefficient (Wildman–Crippen LogP) is 3.59. The lowest BCUT2D eigenvalue weighted by Gasteiger charge is -2.05. The maximum atomic E-state index is 12.3. The molecule has 0 aromatic heterocycles. The Balaban J connectivity index is 2.55. The molecule has 0 aromatic carbocycles. The summed E-state index contributed by atoms with van der Waals surface area (Å²) in [5, 5.41) is 0. The summed E-state index contributed by atoms with van der Waals surface area (Å²) >= 11 is 0. The zero-order valence-corrected chi connectivity index (χ0v) is 6.49. The number of alkyl halides is 3. The van der Waals surface area contributed by atoms with Crippen LogP contribution >= 0.6 is 0 Å². The smallest absolute Gasteiger partial charge is 0.202 e. The van der Waals surface area contributed by atoms with Crippen LogP contribution in [0.1, 0.15) is 25.7 Å². The van der Waals surface area contributed by atoms with Crippen molar-refractivity contribution in [3.8, 4) is 0 Å². The molecule has 0 nitrogen and oxygen atoms in total. The van der Waals surface area contributed by atoms with E-state index in [9.17, 15) is 17.6 Å². The van der Waals surface area contributed by atoms with Gasteiger partial charge in [0.1, 0.15) is 0 Å². The fraction of sp³-hybridized carbons (Fsp3) is 0.750. The fourth-order valence-electron chi connectivity index (χ4n) is 1.43. The lowest BCUT2D eigenvalue weighted by atomic mass is 10.1. The molecule has 0 N–H and O–H groups in total. The highest BCUT2D eigenvalue weighted by molar-refractivity contribution is 5.02. The summed E-state index contributed by atoms with van der Waals surface area (Å²) in [6, 6.07) is 0. The number of allylic oxidation sites excluding steroid dienone is 2.